The maximum absolute atomic E-state index is 4.83. The Balaban J connectivity index is 2.03. The van der Waals surface area contributed by atoms with Gasteiger partial charge in [0.05, 0.1) is 5.69 Å². The number of hydrogen-bond donors (Lipinski definition) is 0. The molecule has 0 fully saturated rings. The third-order valence-electron chi connectivity index (χ3n) is 3.87. The molecule has 18 heavy (non-hydrogen) atoms. The van der Waals surface area contributed by atoms with Gasteiger partial charge >= 0.3 is 0 Å². The number of rotatable bonds is 1. The molecule has 94 valence electrons. The van der Waals surface area contributed by atoms with Crippen LogP contribution in [0.3, 0.4) is 0 Å². The van der Waals surface area contributed by atoms with Gasteiger partial charge in [-0.25, -0.2) is 4.98 Å². The molecule has 0 N–H and O–H groups in total. The number of nitrogens with zero attached hydrogens (tertiary/aromatic N) is 2. The van der Waals surface area contributed by atoms with Gasteiger partial charge in [-0.1, -0.05) is 30.7 Å². The van der Waals surface area contributed by atoms with Crippen molar-refractivity contribution in [3.05, 3.63) is 41.9 Å². The number of benzene rings is 1. The van der Waals surface area contributed by atoms with E-state index in [4.69, 9.17) is 4.98 Å². The van der Waals surface area contributed by atoms with Crippen LogP contribution in [0.5, 0.6) is 0 Å². The summed E-state index contributed by atoms with van der Waals surface area (Å²) in [6, 6.07) is 9.17. The van der Waals surface area contributed by atoms with E-state index in [-0.39, 0.29) is 0 Å². The maximum Gasteiger partial charge on any atom is 0.109 e. The minimum absolute atomic E-state index is 0.579. The molecular weight excluding hydrogens is 220 g/mol. The van der Waals surface area contributed by atoms with Crippen molar-refractivity contribution in [2.24, 2.45) is 5.92 Å². The average Bonchev–Trinajstić information content (AvgIpc) is 2.73. The Morgan fingerprint density at radius 2 is 2.11 bits per heavy atom. The van der Waals surface area contributed by atoms with Gasteiger partial charge in [0.1, 0.15) is 5.82 Å². The van der Waals surface area contributed by atoms with E-state index in [0.29, 0.717) is 6.04 Å². The van der Waals surface area contributed by atoms with Crippen LogP contribution in [0.25, 0.3) is 11.3 Å². The lowest BCUT2D eigenvalue weighted by molar-refractivity contribution is 0.343. The van der Waals surface area contributed by atoms with E-state index in [9.17, 15) is 0 Å². The summed E-state index contributed by atoms with van der Waals surface area (Å²) in [6.07, 6.45) is 4.59. The van der Waals surface area contributed by atoms with E-state index >= 15 is 0 Å². The van der Waals surface area contributed by atoms with Crippen molar-refractivity contribution < 1.29 is 0 Å². The van der Waals surface area contributed by atoms with Crippen LogP contribution in [-0.2, 0) is 6.42 Å². The summed E-state index contributed by atoms with van der Waals surface area (Å²) >= 11 is 0. The standard InChI is InChI=1S/C16H20N2/c1-11-5-4-6-14(8-11)15-10-18-13(3)7-12(2)9-16(18)17-15/h4-6,8,10,12-13H,7,9H2,1-3H3. The smallest absolute Gasteiger partial charge is 0.109 e. The van der Waals surface area contributed by atoms with Gasteiger partial charge < -0.3 is 4.57 Å². The molecule has 0 spiro atoms. The molecule has 2 heterocycles. The molecule has 2 heteroatoms. The summed E-state index contributed by atoms with van der Waals surface area (Å²) in [4.78, 5) is 4.83. The highest BCUT2D eigenvalue weighted by Gasteiger charge is 2.23. The quantitative estimate of drug-likeness (QED) is 0.736. The van der Waals surface area contributed by atoms with Crippen LogP contribution in [0.15, 0.2) is 30.5 Å². The fourth-order valence-electron chi connectivity index (χ4n) is 3.00. The van der Waals surface area contributed by atoms with Crippen LogP contribution in [0.2, 0.25) is 0 Å². The van der Waals surface area contributed by atoms with E-state index in [1.165, 1.54) is 23.4 Å². The number of fused-ring (bicyclic) bond motifs is 1. The fourth-order valence-corrected chi connectivity index (χ4v) is 3.00. The normalized spacial score (nSPS) is 22.8. The average molecular weight is 240 g/mol. The fraction of sp³-hybridized carbons (Fsp3) is 0.438. The second-order valence-electron chi connectivity index (χ2n) is 5.71. The van der Waals surface area contributed by atoms with Crippen LogP contribution >= 0.6 is 0 Å². The van der Waals surface area contributed by atoms with Gasteiger partial charge in [0.2, 0.25) is 0 Å². The molecule has 2 atom stereocenters. The molecule has 3 rings (SSSR count). The van der Waals surface area contributed by atoms with Crippen molar-refractivity contribution in [2.45, 2.75) is 39.7 Å². The highest BCUT2D eigenvalue weighted by molar-refractivity contribution is 5.59. The van der Waals surface area contributed by atoms with Gasteiger partial charge in [-0.05, 0) is 32.3 Å². The maximum atomic E-state index is 4.83. The zero-order chi connectivity index (χ0) is 12.7. The van der Waals surface area contributed by atoms with Crippen molar-refractivity contribution >= 4 is 0 Å². The van der Waals surface area contributed by atoms with Crippen LogP contribution in [0.1, 0.15) is 37.7 Å². The molecule has 1 aliphatic heterocycles. The molecule has 2 unspecified atom stereocenters. The Morgan fingerprint density at radius 1 is 1.28 bits per heavy atom. The third-order valence-corrected chi connectivity index (χ3v) is 3.87. The van der Waals surface area contributed by atoms with Gasteiger partial charge in [0.25, 0.3) is 0 Å². The molecule has 2 nitrogen and oxygen atoms in total. The SMILES string of the molecule is Cc1cccc(-c2cn3c(n2)CC(C)CC3C)c1. The molecule has 0 amide bonds. The summed E-state index contributed by atoms with van der Waals surface area (Å²) < 4.78 is 2.36. The second-order valence-corrected chi connectivity index (χ2v) is 5.71. The van der Waals surface area contributed by atoms with Gasteiger partial charge in [0.15, 0.2) is 0 Å². The minimum Gasteiger partial charge on any atom is -0.331 e. The number of aryl methyl sites for hydroxylation is 1. The molecule has 0 radical (unpaired) electrons. The minimum atomic E-state index is 0.579. The summed E-state index contributed by atoms with van der Waals surface area (Å²) in [7, 11) is 0. The topological polar surface area (TPSA) is 17.8 Å². The Labute approximate surface area is 109 Å². The summed E-state index contributed by atoms with van der Waals surface area (Å²) in [6.45, 7) is 6.74. The number of imidazole rings is 1. The van der Waals surface area contributed by atoms with Gasteiger partial charge in [-0.3, -0.25) is 0 Å². The van der Waals surface area contributed by atoms with E-state index < -0.39 is 0 Å². The van der Waals surface area contributed by atoms with Crippen molar-refractivity contribution in [1.29, 1.82) is 0 Å². The molecule has 0 saturated heterocycles. The van der Waals surface area contributed by atoms with Crippen molar-refractivity contribution in [1.82, 2.24) is 9.55 Å². The van der Waals surface area contributed by atoms with Gasteiger partial charge in [-0.15, -0.1) is 0 Å². The van der Waals surface area contributed by atoms with Gasteiger partial charge in [-0.2, -0.15) is 0 Å². The van der Waals surface area contributed by atoms with Crippen LogP contribution in [0.4, 0.5) is 0 Å². The summed E-state index contributed by atoms with van der Waals surface area (Å²) in [5.41, 5.74) is 3.64. The third kappa shape index (κ3) is 1.96. The molecular formula is C16H20N2. The lowest BCUT2D eigenvalue weighted by atomic mass is 9.95. The Kier molecular flexibility index (Phi) is 2.73. The second kappa shape index (κ2) is 4.27. The Hall–Kier alpha value is -1.57. The molecule has 0 aliphatic carbocycles. The first kappa shape index (κ1) is 11.5. The molecule has 1 aliphatic rings. The highest BCUT2D eigenvalue weighted by atomic mass is 15.1. The van der Waals surface area contributed by atoms with Gasteiger partial charge in [0, 0.05) is 24.2 Å². The van der Waals surface area contributed by atoms with E-state index in [2.05, 4.69) is 55.8 Å². The molecule has 2 aromatic rings. The first-order valence-corrected chi connectivity index (χ1v) is 6.78. The van der Waals surface area contributed by atoms with Crippen LogP contribution in [-0.4, -0.2) is 9.55 Å². The number of aromatic nitrogens is 2. The van der Waals surface area contributed by atoms with E-state index in [0.717, 1.165) is 18.0 Å². The van der Waals surface area contributed by atoms with E-state index in [1.54, 1.807) is 0 Å². The van der Waals surface area contributed by atoms with Crippen molar-refractivity contribution in [3.63, 3.8) is 0 Å². The zero-order valence-corrected chi connectivity index (χ0v) is 11.4. The molecule has 1 aromatic heterocycles. The van der Waals surface area contributed by atoms with Crippen LogP contribution < -0.4 is 0 Å². The Morgan fingerprint density at radius 3 is 2.89 bits per heavy atom. The molecule has 0 bridgehead atoms. The van der Waals surface area contributed by atoms with Crippen LogP contribution in [0, 0.1) is 12.8 Å². The Bertz CT molecular complexity index is 568. The summed E-state index contributed by atoms with van der Waals surface area (Å²) in [5, 5.41) is 0. The first-order chi connectivity index (χ1) is 8.63. The molecule has 1 aromatic carbocycles. The lowest BCUT2D eigenvalue weighted by Gasteiger charge is -2.26. The molecule has 0 saturated carbocycles. The lowest BCUT2D eigenvalue weighted by Crippen LogP contribution is -2.20. The van der Waals surface area contributed by atoms with Crippen molar-refractivity contribution in [2.75, 3.05) is 0 Å². The predicted octanol–water partition coefficient (Wildman–Crippen LogP) is 4.00. The monoisotopic (exact) mass is 240 g/mol. The first-order valence-electron chi connectivity index (χ1n) is 6.78. The summed E-state index contributed by atoms with van der Waals surface area (Å²) in [5.74, 6) is 2.00. The predicted molar refractivity (Wildman–Crippen MR) is 74.6 cm³/mol. The largest absolute Gasteiger partial charge is 0.331 e. The van der Waals surface area contributed by atoms with Crippen molar-refractivity contribution in [3.8, 4) is 11.3 Å². The van der Waals surface area contributed by atoms with E-state index in [1.807, 2.05) is 0 Å². The number of hydrogen-bond acceptors (Lipinski definition) is 1. The zero-order valence-electron chi connectivity index (χ0n) is 11.4. The highest BCUT2D eigenvalue weighted by Crippen LogP contribution is 2.31.